The molecular weight excluding hydrogens is 392 g/mol. The zero-order valence-electron chi connectivity index (χ0n) is 15.0. The topological polar surface area (TPSA) is 75.4 Å². The molecule has 1 fully saturated rings. The van der Waals surface area contributed by atoms with E-state index in [1.165, 1.54) is 30.3 Å². The van der Waals surface area contributed by atoms with E-state index in [-0.39, 0.29) is 17.5 Å². The number of anilines is 2. The number of rotatable bonds is 3. The molecule has 0 spiro atoms. The normalized spacial score (nSPS) is 17.5. The van der Waals surface area contributed by atoms with E-state index in [2.05, 4.69) is 20.6 Å². The first-order valence-electron chi connectivity index (χ1n) is 8.92. The fourth-order valence-electron chi connectivity index (χ4n) is 3.30. The lowest BCUT2D eigenvalue weighted by Gasteiger charge is -2.32. The van der Waals surface area contributed by atoms with Crippen LogP contribution in [0.3, 0.4) is 0 Å². The molecule has 1 saturated heterocycles. The minimum absolute atomic E-state index is 0.0105. The molecule has 4 rings (SSSR count). The van der Waals surface area contributed by atoms with Gasteiger partial charge in [0, 0.05) is 18.8 Å². The number of hydrogen-bond donors (Lipinski definition) is 1. The first kappa shape index (κ1) is 19.1. The third-order valence-electron chi connectivity index (χ3n) is 4.73. The molecule has 0 aliphatic carbocycles. The quantitative estimate of drug-likeness (QED) is 0.674. The highest BCUT2D eigenvalue weighted by atomic mass is 19.4. The number of halogens is 4. The van der Waals surface area contributed by atoms with Gasteiger partial charge in [0.15, 0.2) is 5.65 Å². The minimum Gasteiger partial charge on any atom is -0.354 e. The molecule has 1 amide bonds. The van der Waals surface area contributed by atoms with Crippen molar-refractivity contribution in [1.82, 2.24) is 19.8 Å². The molecule has 7 nitrogen and oxygen atoms in total. The predicted molar refractivity (Wildman–Crippen MR) is 95.8 cm³/mol. The van der Waals surface area contributed by atoms with Crippen LogP contribution in [0.5, 0.6) is 0 Å². The summed E-state index contributed by atoms with van der Waals surface area (Å²) < 4.78 is 52.9. The SMILES string of the molecule is O=C(Nc1ccc(F)cc1)C1CCCN(c2ccc3nnc(C(F)(F)F)n3n2)C1. The average molecular weight is 408 g/mol. The Morgan fingerprint density at radius 1 is 1.10 bits per heavy atom. The Labute approximate surface area is 162 Å². The lowest BCUT2D eigenvalue weighted by Crippen LogP contribution is -2.41. The van der Waals surface area contributed by atoms with Gasteiger partial charge < -0.3 is 10.2 Å². The number of benzene rings is 1. The van der Waals surface area contributed by atoms with Gasteiger partial charge in [-0.3, -0.25) is 4.79 Å². The lowest BCUT2D eigenvalue weighted by molar-refractivity contribution is -0.146. The number of alkyl halides is 3. The highest BCUT2D eigenvalue weighted by Crippen LogP contribution is 2.29. The lowest BCUT2D eigenvalue weighted by atomic mass is 9.97. The summed E-state index contributed by atoms with van der Waals surface area (Å²) >= 11 is 0. The van der Waals surface area contributed by atoms with Gasteiger partial charge in [0.1, 0.15) is 11.6 Å². The summed E-state index contributed by atoms with van der Waals surface area (Å²) in [6.07, 6.45) is -3.37. The van der Waals surface area contributed by atoms with Crippen LogP contribution in [0.25, 0.3) is 5.65 Å². The molecular formula is C18H16F4N6O. The summed E-state index contributed by atoms with van der Waals surface area (Å²) in [6, 6.07) is 8.40. The van der Waals surface area contributed by atoms with Crippen LogP contribution in [0.2, 0.25) is 0 Å². The second kappa shape index (κ2) is 7.30. The Bertz CT molecular complexity index is 1030. The molecule has 1 N–H and O–H groups in total. The highest BCUT2D eigenvalue weighted by molar-refractivity contribution is 5.93. The van der Waals surface area contributed by atoms with E-state index in [4.69, 9.17) is 0 Å². The molecule has 3 aromatic rings. The second-order valence-corrected chi connectivity index (χ2v) is 6.76. The van der Waals surface area contributed by atoms with E-state index in [1.54, 1.807) is 11.0 Å². The van der Waals surface area contributed by atoms with Gasteiger partial charge in [0.05, 0.1) is 5.92 Å². The highest BCUT2D eigenvalue weighted by Gasteiger charge is 2.38. The molecule has 11 heteroatoms. The molecule has 3 heterocycles. The van der Waals surface area contributed by atoms with Crippen LogP contribution in [0.4, 0.5) is 29.1 Å². The van der Waals surface area contributed by atoms with E-state index in [0.717, 1.165) is 0 Å². The summed E-state index contributed by atoms with van der Waals surface area (Å²) in [5, 5.41) is 13.4. The maximum Gasteiger partial charge on any atom is 0.453 e. The molecule has 1 aromatic carbocycles. The largest absolute Gasteiger partial charge is 0.453 e. The van der Waals surface area contributed by atoms with Crippen molar-refractivity contribution in [1.29, 1.82) is 0 Å². The maximum absolute atomic E-state index is 13.1. The van der Waals surface area contributed by atoms with E-state index < -0.39 is 17.8 Å². The maximum atomic E-state index is 13.1. The predicted octanol–water partition coefficient (Wildman–Crippen LogP) is 3.14. The zero-order chi connectivity index (χ0) is 20.6. The third kappa shape index (κ3) is 3.98. The van der Waals surface area contributed by atoms with Crippen molar-refractivity contribution >= 4 is 23.1 Å². The van der Waals surface area contributed by atoms with E-state index in [1.807, 2.05) is 0 Å². The van der Waals surface area contributed by atoms with Crippen LogP contribution in [0.15, 0.2) is 36.4 Å². The number of nitrogens with one attached hydrogen (secondary N) is 1. The molecule has 1 aliphatic rings. The van der Waals surface area contributed by atoms with Crippen molar-refractivity contribution in [3.63, 3.8) is 0 Å². The number of carbonyl (C=O) groups excluding carboxylic acids is 1. The molecule has 1 unspecified atom stereocenters. The number of piperidine rings is 1. The molecule has 0 saturated carbocycles. The first-order valence-corrected chi connectivity index (χ1v) is 8.92. The van der Waals surface area contributed by atoms with Crippen LogP contribution < -0.4 is 10.2 Å². The van der Waals surface area contributed by atoms with Crippen LogP contribution in [0, 0.1) is 11.7 Å². The number of nitrogens with zero attached hydrogens (tertiary/aromatic N) is 5. The van der Waals surface area contributed by atoms with Crippen LogP contribution >= 0.6 is 0 Å². The molecule has 0 bridgehead atoms. The smallest absolute Gasteiger partial charge is 0.354 e. The fraction of sp³-hybridized carbons (Fsp3) is 0.333. The Hall–Kier alpha value is -3.24. The molecule has 1 atom stereocenters. The van der Waals surface area contributed by atoms with Crippen LogP contribution in [-0.4, -0.2) is 38.8 Å². The van der Waals surface area contributed by atoms with Crippen molar-refractivity contribution in [2.24, 2.45) is 5.92 Å². The molecule has 2 aromatic heterocycles. The summed E-state index contributed by atoms with van der Waals surface area (Å²) in [7, 11) is 0. The van der Waals surface area contributed by atoms with Gasteiger partial charge in [0.2, 0.25) is 5.91 Å². The van der Waals surface area contributed by atoms with Crippen molar-refractivity contribution in [3.05, 3.63) is 48.0 Å². The van der Waals surface area contributed by atoms with E-state index in [0.29, 0.717) is 42.0 Å². The van der Waals surface area contributed by atoms with Crippen molar-refractivity contribution < 1.29 is 22.4 Å². The Morgan fingerprint density at radius 2 is 1.86 bits per heavy atom. The van der Waals surface area contributed by atoms with Crippen LogP contribution in [-0.2, 0) is 11.0 Å². The molecule has 152 valence electrons. The van der Waals surface area contributed by atoms with Gasteiger partial charge in [-0.05, 0) is 49.2 Å². The number of aromatic nitrogens is 4. The minimum atomic E-state index is -4.68. The van der Waals surface area contributed by atoms with Crippen molar-refractivity contribution in [2.45, 2.75) is 19.0 Å². The standard InChI is InChI=1S/C18H16F4N6O/c19-12-3-5-13(6-4-12)23-16(29)11-2-1-9-27(10-11)15-8-7-14-24-25-17(18(20,21)22)28(14)26-15/h3-8,11H,1-2,9-10H2,(H,23,29). The number of carbonyl (C=O) groups is 1. The number of hydrogen-bond acceptors (Lipinski definition) is 5. The summed E-state index contributed by atoms with van der Waals surface area (Å²) in [6.45, 7) is 0.858. The third-order valence-corrected chi connectivity index (χ3v) is 4.73. The second-order valence-electron chi connectivity index (χ2n) is 6.76. The average Bonchev–Trinajstić information content (AvgIpc) is 3.13. The molecule has 29 heavy (non-hydrogen) atoms. The Morgan fingerprint density at radius 3 is 2.59 bits per heavy atom. The number of amides is 1. The number of fused-ring (bicyclic) bond motifs is 1. The van der Waals surface area contributed by atoms with Gasteiger partial charge in [-0.25, -0.2) is 4.39 Å². The Kier molecular flexibility index (Phi) is 4.81. The van der Waals surface area contributed by atoms with Gasteiger partial charge in [-0.15, -0.1) is 15.3 Å². The molecule has 0 radical (unpaired) electrons. The summed E-state index contributed by atoms with van der Waals surface area (Å²) in [4.78, 5) is 14.3. The zero-order valence-corrected chi connectivity index (χ0v) is 15.0. The van der Waals surface area contributed by atoms with Gasteiger partial charge in [-0.1, -0.05) is 0 Å². The summed E-state index contributed by atoms with van der Waals surface area (Å²) in [5.41, 5.74) is 0.469. The van der Waals surface area contributed by atoms with Crippen molar-refractivity contribution in [2.75, 3.05) is 23.3 Å². The van der Waals surface area contributed by atoms with Gasteiger partial charge in [-0.2, -0.15) is 17.7 Å². The van der Waals surface area contributed by atoms with Crippen LogP contribution in [0.1, 0.15) is 18.7 Å². The van der Waals surface area contributed by atoms with E-state index >= 15 is 0 Å². The van der Waals surface area contributed by atoms with Crippen molar-refractivity contribution in [3.8, 4) is 0 Å². The Balaban J connectivity index is 1.52. The first-order chi connectivity index (χ1) is 13.8. The molecule has 1 aliphatic heterocycles. The van der Waals surface area contributed by atoms with Gasteiger partial charge >= 0.3 is 6.18 Å². The van der Waals surface area contributed by atoms with Gasteiger partial charge in [0.25, 0.3) is 5.82 Å². The summed E-state index contributed by atoms with van der Waals surface area (Å²) in [5.74, 6) is -1.91. The van der Waals surface area contributed by atoms with E-state index in [9.17, 15) is 22.4 Å². The monoisotopic (exact) mass is 408 g/mol. The fourth-order valence-corrected chi connectivity index (χ4v) is 3.30.